The zero-order chi connectivity index (χ0) is 29.2. The van der Waals surface area contributed by atoms with Crippen molar-refractivity contribution in [1.82, 2.24) is 15.1 Å². The van der Waals surface area contributed by atoms with Gasteiger partial charge in [-0.3, -0.25) is 9.59 Å². The summed E-state index contributed by atoms with van der Waals surface area (Å²) in [5, 5.41) is 15.7. The molecule has 0 bridgehead atoms. The van der Waals surface area contributed by atoms with Crippen LogP contribution in [0, 0.1) is 0 Å². The highest BCUT2D eigenvalue weighted by molar-refractivity contribution is 6.30. The Kier molecular flexibility index (Phi) is 7.92. The van der Waals surface area contributed by atoms with Gasteiger partial charge in [-0.25, -0.2) is 4.68 Å². The van der Waals surface area contributed by atoms with Gasteiger partial charge in [0, 0.05) is 5.02 Å². The number of hydrogen-bond acceptors (Lipinski definition) is 3. The lowest BCUT2D eigenvalue weighted by atomic mass is 9.98. The molecule has 3 aromatic carbocycles. The van der Waals surface area contributed by atoms with E-state index in [2.05, 4.69) is 10.4 Å². The van der Waals surface area contributed by atoms with Crippen molar-refractivity contribution >= 4 is 23.5 Å². The Morgan fingerprint density at radius 2 is 1.40 bits per heavy atom. The Balaban J connectivity index is 1.62. The van der Waals surface area contributed by atoms with Crippen molar-refractivity contribution in [3.63, 3.8) is 0 Å². The van der Waals surface area contributed by atoms with Crippen LogP contribution in [0.2, 0.25) is 5.02 Å². The molecule has 0 fully saturated rings. The molecule has 208 valence electrons. The third kappa shape index (κ3) is 6.45. The Labute approximate surface area is 227 Å². The van der Waals surface area contributed by atoms with Crippen LogP contribution in [0.3, 0.4) is 0 Å². The molecule has 0 aliphatic carbocycles. The average molecular weight is 582 g/mol. The van der Waals surface area contributed by atoms with Crippen LogP contribution in [0.25, 0.3) is 16.8 Å². The van der Waals surface area contributed by atoms with Gasteiger partial charge in [0.25, 0.3) is 5.91 Å². The van der Waals surface area contributed by atoms with Crippen molar-refractivity contribution in [2.45, 2.75) is 24.8 Å². The summed E-state index contributed by atoms with van der Waals surface area (Å²) in [6.45, 7) is 0. The predicted octanol–water partition coefficient (Wildman–Crippen LogP) is 7.18. The first-order valence-corrected chi connectivity index (χ1v) is 11.8. The second-order valence-electron chi connectivity index (χ2n) is 8.61. The van der Waals surface area contributed by atoms with E-state index in [1.807, 2.05) is 0 Å². The molecular weight excluding hydrogens is 564 g/mol. The summed E-state index contributed by atoms with van der Waals surface area (Å²) in [4.78, 5) is 24.5. The molecule has 4 rings (SSSR count). The summed E-state index contributed by atoms with van der Waals surface area (Å²) < 4.78 is 81.1. The lowest BCUT2D eigenvalue weighted by Gasteiger charge is -2.19. The number of aliphatic carboxylic acids is 1. The molecule has 0 saturated carbocycles. The van der Waals surface area contributed by atoms with Crippen LogP contribution in [0.15, 0.2) is 79.0 Å². The van der Waals surface area contributed by atoms with E-state index in [1.165, 1.54) is 60.7 Å². The molecular formula is C27H18ClF6N3O3. The zero-order valence-corrected chi connectivity index (χ0v) is 20.8. The van der Waals surface area contributed by atoms with Crippen LogP contribution in [-0.4, -0.2) is 26.8 Å². The molecule has 13 heteroatoms. The van der Waals surface area contributed by atoms with Gasteiger partial charge in [0.1, 0.15) is 0 Å². The summed E-state index contributed by atoms with van der Waals surface area (Å²) in [7, 11) is 0. The zero-order valence-electron chi connectivity index (χ0n) is 20.1. The van der Waals surface area contributed by atoms with Crippen molar-refractivity contribution < 1.29 is 41.0 Å². The summed E-state index contributed by atoms with van der Waals surface area (Å²) in [5.74, 6) is -2.53. The van der Waals surface area contributed by atoms with Crippen LogP contribution in [0.4, 0.5) is 26.3 Å². The molecule has 1 unspecified atom stereocenters. The van der Waals surface area contributed by atoms with Crippen LogP contribution < -0.4 is 5.32 Å². The number of carboxylic acid groups (broad SMARTS) is 1. The fourth-order valence-electron chi connectivity index (χ4n) is 3.99. The van der Waals surface area contributed by atoms with Gasteiger partial charge in [-0.1, -0.05) is 48.0 Å². The van der Waals surface area contributed by atoms with Crippen LogP contribution in [-0.2, 0) is 17.1 Å². The van der Waals surface area contributed by atoms with Gasteiger partial charge in [0.2, 0.25) is 0 Å². The molecule has 0 spiro atoms. The smallest absolute Gasteiger partial charge is 0.434 e. The van der Waals surface area contributed by atoms with Gasteiger partial charge in [-0.2, -0.15) is 31.4 Å². The quantitative estimate of drug-likeness (QED) is 0.227. The van der Waals surface area contributed by atoms with E-state index in [-0.39, 0.29) is 16.3 Å². The second kappa shape index (κ2) is 11.0. The van der Waals surface area contributed by atoms with Gasteiger partial charge >= 0.3 is 18.3 Å². The molecule has 0 aliphatic heterocycles. The fourth-order valence-corrected chi connectivity index (χ4v) is 4.11. The number of halogens is 7. The maximum absolute atomic E-state index is 14.0. The van der Waals surface area contributed by atoms with Crippen molar-refractivity contribution in [3.05, 3.63) is 106 Å². The van der Waals surface area contributed by atoms with Gasteiger partial charge in [0.05, 0.1) is 35.5 Å². The SMILES string of the molecule is O=C(O)CC(NC(=O)c1cnn(-c2ccc(Cl)cc2)c1C(F)(F)F)c1ccc(-c2ccc(C(F)(F)F)cc2)cc1. The lowest BCUT2D eigenvalue weighted by Crippen LogP contribution is -2.31. The Morgan fingerprint density at radius 3 is 1.90 bits per heavy atom. The highest BCUT2D eigenvalue weighted by Gasteiger charge is 2.41. The standard InChI is InChI=1S/C27H18ClF6N3O3/c28-19-9-11-20(12-10-19)37-24(27(32,33)34)21(14-35-37)25(40)36-22(13-23(38)39)17-3-1-15(2-4-17)16-5-7-18(8-6-16)26(29,30)31/h1-12,14,22H,13H2,(H,36,40)(H,38,39). The van der Waals surface area contributed by atoms with Crippen LogP contribution in [0.1, 0.15) is 39.6 Å². The number of nitrogens with one attached hydrogen (secondary N) is 1. The maximum atomic E-state index is 14.0. The molecule has 1 heterocycles. The van der Waals surface area contributed by atoms with E-state index in [0.717, 1.165) is 18.3 Å². The Morgan fingerprint density at radius 1 is 0.850 bits per heavy atom. The maximum Gasteiger partial charge on any atom is 0.434 e. The van der Waals surface area contributed by atoms with Crippen molar-refractivity contribution in [1.29, 1.82) is 0 Å². The molecule has 0 aliphatic rings. The van der Waals surface area contributed by atoms with E-state index >= 15 is 0 Å². The molecule has 6 nitrogen and oxygen atoms in total. The second-order valence-corrected chi connectivity index (χ2v) is 9.05. The number of carboxylic acids is 1. The summed E-state index contributed by atoms with van der Waals surface area (Å²) >= 11 is 5.80. The minimum Gasteiger partial charge on any atom is -0.481 e. The van der Waals surface area contributed by atoms with Crippen LogP contribution >= 0.6 is 11.6 Å². The first-order chi connectivity index (χ1) is 18.7. The predicted molar refractivity (Wildman–Crippen MR) is 133 cm³/mol. The number of amides is 1. The number of carbonyl (C=O) groups is 2. The average Bonchev–Trinajstić information content (AvgIpc) is 3.34. The van der Waals surface area contributed by atoms with Gasteiger partial charge in [0.15, 0.2) is 5.69 Å². The van der Waals surface area contributed by atoms with E-state index in [9.17, 15) is 41.0 Å². The Bertz CT molecular complexity index is 1510. The molecule has 0 saturated heterocycles. The number of nitrogens with zero attached hydrogens (tertiary/aromatic N) is 2. The van der Waals surface area contributed by atoms with Crippen molar-refractivity contribution in [3.8, 4) is 16.8 Å². The van der Waals surface area contributed by atoms with E-state index in [1.54, 1.807) is 0 Å². The lowest BCUT2D eigenvalue weighted by molar-refractivity contribution is -0.143. The third-order valence-electron chi connectivity index (χ3n) is 5.90. The number of alkyl halides is 6. The van der Waals surface area contributed by atoms with E-state index in [0.29, 0.717) is 15.8 Å². The first-order valence-electron chi connectivity index (χ1n) is 11.5. The normalized spacial score (nSPS) is 12.7. The fraction of sp³-hybridized carbons (Fsp3) is 0.148. The number of aromatic nitrogens is 2. The monoisotopic (exact) mass is 581 g/mol. The van der Waals surface area contributed by atoms with Crippen molar-refractivity contribution in [2.75, 3.05) is 0 Å². The molecule has 1 atom stereocenters. The van der Waals surface area contributed by atoms with Gasteiger partial charge in [-0.15, -0.1) is 0 Å². The molecule has 40 heavy (non-hydrogen) atoms. The van der Waals surface area contributed by atoms with Crippen LogP contribution in [0.5, 0.6) is 0 Å². The van der Waals surface area contributed by atoms with Gasteiger partial charge in [-0.05, 0) is 53.1 Å². The first kappa shape index (κ1) is 28.7. The number of carbonyl (C=O) groups excluding carboxylic acids is 1. The minimum atomic E-state index is -4.99. The molecule has 1 aromatic heterocycles. The molecule has 1 amide bonds. The van der Waals surface area contributed by atoms with Gasteiger partial charge < -0.3 is 10.4 Å². The van der Waals surface area contributed by atoms with Crippen molar-refractivity contribution in [2.24, 2.45) is 0 Å². The number of rotatable bonds is 7. The molecule has 0 radical (unpaired) electrons. The molecule has 2 N–H and O–H groups in total. The third-order valence-corrected chi connectivity index (χ3v) is 6.15. The molecule has 4 aromatic rings. The highest BCUT2D eigenvalue weighted by atomic mass is 35.5. The largest absolute Gasteiger partial charge is 0.481 e. The highest BCUT2D eigenvalue weighted by Crippen LogP contribution is 2.35. The topological polar surface area (TPSA) is 84.2 Å². The minimum absolute atomic E-state index is 0.00304. The summed E-state index contributed by atoms with van der Waals surface area (Å²) in [6, 6.07) is 14.3. The van der Waals surface area contributed by atoms with E-state index in [4.69, 9.17) is 11.6 Å². The number of benzene rings is 3. The summed E-state index contributed by atoms with van der Waals surface area (Å²) in [6.07, 6.45) is -9.41. The summed E-state index contributed by atoms with van der Waals surface area (Å²) in [5.41, 5.74) is -1.81. The Hall–Kier alpha value is -4.32. The van der Waals surface area contributed by atoms with E-state index < -0.39 is 53.5 Å². The number of hydrogen-bond donors (Lipinski definition) is 2.